The second kappa shape index (κ2) is 7.06. The minimum absolute atomic E-state index is 0.235. The number of anilines is 1. The van der Waals surface area contributed by atoms with Crippen molar-refractivity contribution in [2.75, 3.05) is 5.32 Å². The molecule has 2 heterocycles. The third kappa shape index (κ3) is 3.41. The number of aromatic nitrogens is 5. The van der Waals surface area contributed by atoms with Gasteiger partial charge in [-0.05, 0) is 18.6 Å². The van der Waals surface area contributed by atoms with Crippen LogP contribution in [0.1, 0.15) is 44.2 Å². The maximum Gasteiger partial charge on any atom is 0.278 e. The van der Waals surface area contributed by atoms with Crippen molar-refractivity contribution in [2.45, 2.75) is 39.2 Å². The zero-order chi connectivity index (χ0) is 18.0. The van der Waals surface area contributed by atoms with Crippen LogP contribution in [0, 0.1) is 0 Å². The van der Waals surface area contributed by atoms with E-state index in [1.54, 1.807) is 24.3 Å². The molecule has 1 aromatic carbocycles. The summed E-state index contributed by atoms with van der Waals surface area (Å²) in [5.74, 6) is -0.125. The largest absolute Gasteiger partial charge is 0.299 e. The number of carbonyl (C=O) groups is 1. The molecule has 8 nitrogen and oxygen atoms in total. The lowest BCUT2D eigenvalue weighted by Gasteiger charge is -2.15. The van der Waals surface area contributed by atoms with E-state index in [4.69, 9.17) is 0 Å². The molecule has 130 valence electrons. The number of hydrogen-bond donors (Lipinski definition) is 1. The fraction of sp³-hybridized carbons (Fsp3) is 0.375. The molecule has 1 atom stereocenters. The smallest absolute Gasteiger partial charge is 0.278 e. The van der Waals surface area contributed by atoms with Crippen LogP contribution in [0.4, 0.5) is 5.13 Å². The fourth-order valence-corrected chi connectivity index (χ4v) is 3.13. The minimum atomic E-state index is -0.768. The molecule has 2 aromatic heterocycles. The number of fused-ring (bicyclic) bond motifs is 1. The molecule has 0 spiro atoms. The van der Waals surface area contributed by atoms with Crippen molar-refractivity contribution in [3.63, 3.8) is 0 Å². The Balaban J connectivity index is 1.90. The van der Waals surface area contributed by atoms with Crippen LogP contribution in [-0.4, -0.2) is 31.1 Å². The maximum atomic E-state index is 12.6. The Morgan fingerprint density at radius 3 is 2.68 bits per heavy atom. The molecule has 0 bridgehead atoms. The van der Waals surface area contributed by atoms with Crippen LogP contribution in [0.25, 0.3) is 10.9 Å². The maximum absolute atomic E-state index is 12.6. The van der Waals surface area contributed by atoms with E-state index in [1.807, 2.05) is 20.8 Å². The van der Waals surface area contributed by atoms with E-state index in [0.29, 0.717) is 22.5 Å². The Hall–Kier alpha value is -2.68. The minimum Gasteiger partial charge on any atom is -0.299 e. The zero-order valence-corrected chi connectivity index (χ0v) is 14.9. The Morgan fingerprint density at radius 1 is 1.24 bits per heavy atom. The van der Waals surface area contributed by atoms with Crippen molar-refractivity contribution in [3.05, 3.63) is 39.6 Å². The third-order valence-electron chi connectivity index (χ3n) is 3.74. The summed E-state index contributed by atoms with van der Waals surface area (Å²) in [4.78, 5) is 25.2. The van der Waals surface area contributed by atoms with Crippen LogP contribution < -0.4 is 10.9 Å². The summed E-state index contributed by atoms with van der Waals surface area (Å²) in [6, 6.07) is 6.16. The summed E-state index contributed by atoms with van der Waals surface area (Å²) >= 11 is 1.32. The van der Waals surface area contributed by atoms with Crippen molar-refractivity contribution >= 4 is 33.3 Å². The van der Waals surface area contributed by atoms with Crippen molar-refractivity contribution in [2.24, 2.45) is 0 Å². The van der Waals surface area contributed by atoms with Crippen LogP contribution in [-0.2, 0) is 4.79 Å². The average molecular weight is 358 g/mol. The van der Waals surface area contributed by atoms with Gasteiger partial charge >= 0.3 is 0 Å². The van der Waals surface area contributed by atoms with E-state index in [9.17, 15) is 9.59 Å². The van der Waals surface area contributed by atoms with Crippen molar-refractivity contribution in [1.29, 1.82) is 0 Å². The first-order valence-electron chi connectivity index (χ1n) is 7.99. The van der Waals surface area contributed by atoms with Gasteiger partial charge in [-0.25, -0.2) is 0 Å². The Labute approximate surface area is 147 Å². The number of nitrogens with zero attached hydrogens (tertiary/aromatic N) is 5. The van der Waals surface area contributed by atoms with Gasteiger partial charge in [-0.1, -0.05) is 49.5 Å². The lowest BCUT2D eigenvalue weighted by atomic mass is 10.2. The van der Waals surface area contributed by atoms with Gasteiger partial charge < -0.3 is 0 Å². The van der Waals surface area contributed by atoms with Gasteiger partial charge in [0.1, 0.15) is 16.6 Å². The predicted molar refractivity (Wildman–Crippen MR) is 95.8 cm³/mol. The quantitative estimate of drug-likeness (QED) is 0.751. The molecule has 0 radical (unpaired) electrons. The third-order valence-corrected chi connectivity index (χ3v) is 4.88. The lowest BCUT2D eigenvalue weighted by Crippen LogP contribution is -2.35. The van der Waals surface area contributed by atoms with Gasteiger partial charge in [0.25, 0.3) is 11.5 Å². The zero-order valence-electron chi connectivity index (χ0n) is 14.1. The van der Waals surface area contributed by atoms with E-state index in [1.165, 1.54) is 11.3 Å². The molecule has 0 aliphatic heterocycles. The van der Waals surface area contributed by atoms with Crippen LogP contribution in [0.3, 0.4) is 0 Å². The molecule has 1 N–H and O–H groups in total. The van der Waals surface area contributed by atoms with E-state index in [-0.39, 0.29) is 17.4 Å². The molecule has 0 unspecified atom stereocenters. The van der Waals surface area contributed by atoms with Crippen LogP contribution >= 0.6 is 11.3 Å². The summed E-state index contributed by atoms with van der Waals surface area (Å²) in [5, 5.41) is 20.4. The van der Waals surface area contributed by atoms with Gasteiger partial charge in [-0.15, -0.1) is 15.3 Å². The molecule has 0 aliphatic carbocycles. The average Bonchev–Trinajstić information content (AvgIpc) is 3.06. The number of rotatable bonds is 5. The highest BCUT2D eigenvalue weighted by Crippen LogP contribution is 2.23. The fourth-order valence-electron chi connectivity index (χ4n) is 2.38. The molecule has 0 saturated carbocycles. The molecular weight excluding hydrogens is 340 g/mol. The van der Waals surface area contributed by atoms with Crippen LogP contribution in [0.5, 0.6) is 0 Å². The SMILES string of the molecule is CC[C@@H](C(=O)Nc1nnc(C(C)C)s1)n1nnc2ccccc2c1=O. The summed E-state index contributed by atoms with van der Waals surface area (Å²) < 4.78 is 1.13. The van der Waals surface area contributed by atoms with Crippen molar-refractivity contribution < 1.29 is 4.79 Å². The van der Waals surface area contributed by atoms with Gasteiger partial charge in [0.15, 0.2) is 0 Å². The second-order valence-corrected chi connectivity index (χ2v) is 6.88. The van der Waals surface area contributed by atoms with Gasteiger partial charge in [0.2, 0.25) is 5.13 Å². The topological polar surface area (TPSA) is 103 Å². The summed E-state index contributed by atoms with van der Waals surface area (Å²) in [5.41, 5.74) is 0.164. The van der Waals surface area contributed by atoms with Crippen LogP contribution in [0.15, 0.2) is 29.1 Å². The van der Waals surface area contributed by atoms with Gasteiger partial charge in [0, 0.05) is 5.92 Å². The summed E-state index contributed by atoms with van der Waals surface area (Å²) in [6.45, 7) is 5.82. The molecule has 25 heavy (non-hydrogen) atoms. The molecule has 9 heteroatoms. The molecule has 0 aliphatic rings. The number of hydrogen-bond acceptors (Lipinski definition) is 7. The normalized spacial score (nSPS) is 12.5. The van der Waals surface area contributed by atoms with Gasteiger partial charge in [-0.2, -0.15) is 4.68 Å². The number of nitrogens with one attached hydrogen (secondary N) is 1. The van der Waals surface area contributed by atoms with Gasteiger partial charge in [-0.3, -0.25) is 14.9 Å². The number of benzene rings is 1. The summed E-state index contributed by atoms with van der Waals surface area (Å²) in [7, 11) is 0. The summed E-state index contributed by atoms with van der Waals surface area (Å²) in [6.07, 6.45) is 0.397. The first-order chi connectivity index (χ1) is 12.0. The molecular formula is C16H18N6O2S. The Kier molecular flexibility index (Phi) is 4.84. The highest BCUT2D eigenvalue weighted by atomic mass is 32.1. The molecule has 1 amide bonds. The lowest BCUT2D eigenvalue weighted by molar-refractivity contribution is -0.119. The standard InChI is InChI=1S/C16H18N6O2S/c1-4-12(13(23)17-16-20-19-14(25-16)9(2)3)22-15(24)10-7-5-6-8-11(10)18-21-22/h5-9,12H,4H2,1-3H3,(H,17,20,23)/t12-/m0/s1. The van der Waals surface area contributed by atoms with Crippen LogP contribution in [0.2, 0.25) is 0 Å². The van der Waals surface area contributed by atoms with Gasteiger partial charge in [0.05, 0.1) is 5.39 Å². The van der Waals surface area contributed by atoms with E-state index in [2.05, 4.69) is 25.8 Å². The highest BCUT2D eigenvalue weighted by Gasteiger charge is 2.23. The first-order valence-corrected chi connectivity index (χ1v) is 8.81. The Morgan fingerprint density at radius 2 is 2.00 bits per heavy atom. The first kappa shape index (κ1) is 17.2. The number of carbonyl (C=O) groups excluding carboxylic acids is 1. The predicted octanol–water partition coefficient (Wildman–Crippen LogP) is 2.36. The highest BCUT2D eigenvalue weighted by molar-refractivity contribution is 7.15. The van der Waals surface area contributed by atoms with E-state index >= 15 is 0 Å². The molecule has 3 aromatic rings. The van der Waals surface area contributed by atoms with Crippen molar-refractivity contribution in [1.82, 2.24) is 25.2 Å². The van der Waals surface area contributed by atoms with E-state index in [0.717, 1.165) is 9.69 Å². The van der Waals surface area contributed by atoms with Crippen molar-refractivity contribution in [3.8, 4) is 0 Å². The second-order valence-electron chi connectivity index (χ2n) is 5.87. The Bertz CT molecular complexity index is 964. The molecule has 0 saturated heterocycles. The molecule has 3 rings (SSSR count). The number of amides is 1. The van der Waals surface area contributed by atoms with E-state index < -0.39 is 6.04 Å². The monoisotopic (exact) mass is 358 g/mol. The molecule has 0 fully saturated rings.